The van der Waals surface area contributed by atoms with Gasteiger partial charge >= 0.3 is 12.2 Å². The second kappa shape index (κ2) is 8.56. The number of carbonyl (C=O) groups is 2. The predicted octanol–water partition coefficient (Wildman–Crippen LogP) is 4.32. The minimum absolute atomic E-state index is 0.0163. The second-order valence-corrected chi connectivity index (χ2v) is 8.68. The van der Waals surface area contributed by atoms with Gasteiger partial charge < -0.3 is 20.5 Å². The number of nitrogens with zero attached hydrogens (tertiary/aromatic N) is 1. The van der Waals surface area contributed by atoms with Gasteiger partial charge in [-0.15, -0.1) is 0 Å². The first-order valence-corrected chi connectivity index (χ1v) is 8.97. The van der Waals surface area contributed by atoms with Crippen molar-refractivity contribution in [2.75, 3.05) is 5.32 Å². The fourth-order valence-electron chi connectivity index (χ4n) is 2.19. The van der Waals surface area contributed by atoms with E-state index in [4.69, 9.17) is 27.4 Å². The average Bonchev–Trinajstić information content (AvgIpc) is 2.39. The van der Waals surface area contributed by atoms with Gasteiger partial charge in [-0.25, -0.2) is 14.5 Å². The van der Waals surface area contributed by atoms with Crippen LogP contribution < -0.4 is 11.1 Å². The van der Waals surface area contributed by atoms with Gasteiger partial charge in [0.25, 0.3) is 0 Å². The number of aryl methyl sites for hydroxylation is 1. The van der Waals surface area contributed by atoms with Crippen LogP contribution in [0.5, 0.6) is 0 Å². The molecule has 1 aromatic carbocycles. The van der Waals surface area contributed by atoms with E-state index >= 15 is 0 Å². The Morgan fingerprint density at radius 1 is 1.04 bits per heavy atom. The Labute approximate surface area is 166 Å². The van der Waals surface area contributed by atoms with Crippen molar-refractivity contribution < 1.29 is 19.1 Å². The monoisotopic (exact) mass is 395 g/mol. The minimum Gasteiger partial charge on any atom is -0.443 e. The normalized spacial score (nSPS) is 11.5. The van der Waals surface area contributed by atoms with Crippen molar-refractivity contribution in [3.05, 3.63) is 29.3 Å². The standard InChI is InChI=1S/C19H29N3O4S/c1-12-8-13(10-14(9-12)21-15(20)27)11-22(16(23)25-18(2,3)4)17(24)26-19(5,6)7/h8-10H,11H2,1-7H3,(H3,20,21,27). The smallest absolute Gasteiger partial charge is 0.420 e. The Kier molecular flexibility index (Phi) is 7.19. The zero-order valence-corrected chi connectivity index (χ0v) is 17.8. The highest BCUT2D eigenvalue weighted by Gasteiger charge is 2.31. The van der Waals surface area contributed by atoms with Gasteiger partial charge in [0, 0.05) is 5.69 Å². The van der Waals surface area contributed by atoms with Crippen LogP contribution in [-0.4, -0.2) is 33.4 Å². The van der Waals surface area contributed by atoms with E-state index in [2.05, 4.69) is 5.32 Å². The van der Waals surface area contributed by atoms with Crippen LogP contribution >= 0.6 is 12.2 Å². The summed E-state index contributed by atoms with van der Waals surface area (Å²) in [6.45, 7) is 12.3. The van der Waals surface area contributed by atoms with Crippen LogP contribution in [0.2, 0.25) is 0 Å². The molecule has 0 fully saturated rings. The summed E-state index contributed by atoms with van der Waals surface area (Å²) < 4.78 is 10.7. The van der Waals surface area contributed by atoms with Crippen molar-refractivity contribution in [2.45, 2.75) is 66.2 Å². The van der Waals surface area contributed by atoms with Crippen molar-refractivity contribution >= 4 is 35.2 Å². The summed E-state index contributed by atoms with van der Waals surface area (Å²) in [5.74, 6) is 0. The summed E-state index contributed by atoms with van der Waals surface area (Å²) in [7, 11) is 0. The minimum atomic E-state index is -0.776. The first-order chi connectivity index (χ1) is 12.2. The number of anilines is 1. The van der Waals surface area contributed by atoms with Gasteiger partial charge in [0.2, 0.25) is 0 Å². The number of amides is 2. The lowest BCUT2D eigenvalue weighted by Crippen LogP contribution is -2.43. The largest absolute Gasteiger partial charge is 0.443 e. The zero-order chi connectivity index (χ0) is 21.0. The highest BCUT2D eigenvalue weighted by Crippen LogP contribution is 2.20. The molecule has 7 nitrogen and oxygen atoms in total. The van der Waals surface area contributed by atoms with Crippen LogP contribution in [0.25, 0.3) is 0 Å². The number of thiocarbonyl (C=S) groups is 1. The first kappa shape index (κ1) is 22.7. The third kappa shape index (κ3) is 8.72. The molecule has 27 heavy (non-hydrogen) atoms. The maximum Gasteiger partial charge on any atom is 0.420 e. The Morgan fingerprint density at radius 2 is 1.52 bits per heavy atom. The van der Waals surface area contributed by atoms with Crippen LogP contribution in [0, 0.1) is 6.92 Å². The number of imide groups is 1. The lowest BCUT2D eigenvalue weighted by Gasteiger charge is -2.28. The van der Waals surface area contributed by atoms with E-state index in [1.54, 1.807) is 47.6 Å². The predicted molar refractivity (Wildman–Crippen MR) is 110 cm³/mol. The molecule has 8 heteroatoms. The third-order valence-electron chi connectivity index (χ3n) is 2.97. The maximum atomic E-state index is 12.6. The summed E-state index contributed by atoms with van der Waals surface area (Å²) in [5.41, 5.74) is 6.32. The van der Waals surface area contributed by atoms with Crippen molar-refractivity contribution in [1.82, 2.24) is 4.90 Å². The number of nitrogens with two attached hydrogens (primary N) is 1. The Bertz CT molecular complexity index is 693. The number of ether oxygens (including phenoxy) is 2. The van der Waals surface area contributed by atoms with Gasteiger partial charge in [-0.1, -0.05) is 6.07 Å². The van der Waals surface area contributed by atoms with Gasteiger partial charge in [-0.05, 0) is 83.9 Å². The molecule has 1 rings (SSSR count). The number of benzene rings is 1. The summed E-state index contributed by atoms with van der Waals surface area (Å²) >= 11 is 4.86. The molecule has 0 radical (unpaired) electrons. The quantitative estimate of drug-likeness (QED) is 0.736. The second-order valence-electron chi connectivity index (χ2n) is 8.24. The molecule has 0 unspecified atom stereocenters. The van der Waals surface area contributed by atoms with E-state index < -0.39 is 23.4 Å². The molecule has 0 bridgehead atoms. The Hall–Kier alpha value is -2.35. The molecule has 1 aromatic rings. The van der Waals surface area contributed by atoms with Crippen molar-refractivity contribution in [3.8, 4) is 0 Å². The molecule has 0 aliphatic heterocycles. The van der Waals surface area contributed by atoms with Crippen LogP contribution in [-0.2, 0) is 16.0 Å². The van der Waals surface area contributed by atoms with Gasteiger partial charge in [0.05, 0.1) is 6.54 Å². The summed E-state index contributed by atoms with van der Waals surface area (Å²) in [5, 5.41) is 2.98. The van der Waals surface area contributed by atoms with Crippen LogP contribution in [0.1, 0.15) is 52.7 Å². The average molecular weight is 396 g/mol. The SMILES string of the molecule is Cc1cc(CN(C(=O)OC(C)(C)C)C(=O)OC(C)(C)C)cc(NC(N)=S)c1. The molecular formula is C19H29N3O4S. The Morgan fingerprint density at radius 3 is 1.93 bits per heavy atom. The van der Waals surface area contributed by atoms with Crippen LogP contribution in [0.4, 0.5) is 15.3 Å². The number of rotatable bonds is 3. The molecule has 150 valence electrons. The summed E-state index contributed by atoms with van der Waals surface area (Å²) in [6.07, 6.45) is -1.55. The molecule has 0 heterocycles. The molecule has 0 atom stereocenters. The fourth-order valence-corrected chi connectivity index (χ4v) is 2.31. The molecule has 0 aliphatic rings. The molecular weight excluding hydrogens is 366 g/mol. The van der Waals surface area contributed by atoms with E-state index in [0.717, 1.165) is 10.5 Å². The van der Waals surface area contributed by atoms with Crippen molar-refractivity contribution in [2.24, 2.45) is 5.73 Å². The fraction of sp³-hybridized carbons (Fsp3) is 0.526. The number of hydrogen-bond donors (Lipinski definition) is 2. The van der Waals surface area contributed by atoms with Gasteiger partial charge in [0.15, 0.2) is 5.11 Å². The first-order valence-electron chi connectivity index (χ1n) is 8.57. The van der Waals surface area contributed by atoms with E-state index in [-0.39, 0.29) is 11.7 Å². The molecule has 2 amide bonds. The summed E-state index contributed by atoms with van der Waals surface area (Å²) in [6, 6.07) is 5.47. The lowest BCUT2D eigenvalue weighted by atomic mass is 10.1. The lowest BCUT2D eigenvalue weighted by molar-refractivity contribution is -0.000251. The van der Waals surface area contributed by atoms with Gasteiger partial charge in [-0.2, -0.15) is 0 Å². The molecule has 0 saturated heterocycles. The molecule has 0 spiro atoms. The summed E-state index contributed by atoms with van der Waals surface area (Å²) in [4.78, 5) is 26.1. The molecule has 0 saturated carbocycles. The van der Waals surface area contributed by atoms with Crippen LogP contribution in [0.15, 0.2) is 18.2 Å². The third-order valence-corrected chi connectivity index (χ3v) is 3.08. The van der Waals surface area contributed by atoms with E-state index in [1.807, 2.05) is 19.1 Å². The van der Waals surface area contributed by atoms with Gasteiger partial charge in [0.1, 0.15) is 11.2 Å². The molecule has 0 aliphatic carbocycles. The molecule has 3 N–H and O–H groups in total. The highest BCUT2D eigenvalue weighted by atomic mass is 32.1. The zero-order valence-electron chi connectivity index (χ0n) is 17.0. The van der Waals surface area contributed by atoms with E-state index in [0.29, 0.717) is 11.3 Å². The number of nitrogens with one attached hydrogen (secondary N) is 1. The van der Waals surface area contributed by atoms with Gasteiger partial charge in [-0.3, -0.25) is 0 Å². The van der Waals surface area contributed by atoms with E-state index in [9.17, 15) is 9.59 Å². The van der Waals surface area contributed by atoms with Crippen molar-refractivity contribution in [1.29, 1.82) is 0 Å². The molecule has 0 aromatic heterocycles. The van der Waals surface area contributed by atoms with Crippen LogP contribution in [0.3, 0.4) is 0 Å². The Balaban J connectivity index is 3.16. The highest BCUT2D eigenvalue weighted by molar-refractivity contribution is 7.80. The maximum absolute atomic E-state index is 12.6. The topological polar surface area (TPSA) is 93.9 Å². The van der Waals surface area contributed by atoms with Crippen molar-refractivity contribution in [3.63, 3.8) is 0 Å². The number of carbonyl (C=O) groups excluding carboxylic acids is 2. The number of hydrogen-bond acceptors (Lipinski definition) is 5. The van der Waals surface area contributed by atoms with E-state index in [1.165, 1.54) is 0 Å².